The van der Waals surface area contributed by atoms with Crippen molar-refractivity contribution in [3.63, 3.8) is 0 Å². The molecule has 0 spiro atoms. The molecule has 1 atom stereocenters. The Morgan fingerprint density at radius 3 is 2.58 bits per heavy atom. The molecule has 110 valence electrons. The molecule has 2 amide bonds. The molecule has 0 aliphatic carbocycles. The largest absolute Gasteiger partial charge is 0.394 e. The number of hydrogen-bond donors (Lipinski definition) is 3. The maximum absolute atomic E-state index is 11.5. The third-order valence-electron chi connectivity index (χ3n) is 3.07. The molecule has 19 heavy (non-hydrogen) atoms. The van der Waals surface area contributed by atoms with Crippen LogP contribution in [0.5, 0.6) is 0 Å². The van der Waals surface area contributed by atoms with Crippen LogP contribution in [-0.2, 0) is 14.3 Å². The summed E-state index contributed by atoms with van der Waals surface area (Å²) >= 11 is 0. The first-order chi connectivity index (χ1) is 9.17. The lowest BCUT2D eigenvalue weighted by Gasteiger charge is -2.26. The molecule has 1 aliphatic heterocycles. The molecule has 7 nitrogen and oxygen atoms in total. The molecular weight excluding hydrogens is 250 g/mol. The minimum atomic E-state index is -0.692. The van der Waals surface area contributed by atoms with Gasteiger partial charge in [0, 0.05) is 26.2 Å². The van der Waals surface area contributed by atoms with Crippen LogP contribution in [-0.4, -0.2) is 73.9 Å². The van der Waals surface area contributed by atoms with Crippen LogP contribution in [0.4, 0.5) is 0 Å². The first-order valence-electron chi connectivity index (χ1n) is 6.67. The van der Waals surface area contributed by atoms with E-state index in [1.165, 1.54) is 0 Å². The fourth-order valence-corrected chi connectivity index (χ4v) is 1.76. The van der Waals surface area contributed by atoms with Gasteiger partial charge in [0.25, 0.3) is 0 Å². The number of carbonyl (C=O) groups is 2. The van der Waals surface area contributed by atoms with E-state index in [4.69, 9.17) is 9.84 Å². The van der Waals surface area contributed by atoms with Crippen LogP contribution in [0.2, 0.25) is 0 Å². The van der Waals surface area contributed by atoms with E-state index in [1.807, 2.05) is 6.92 Å². The van der Waals surface area contributed by atoms with Crippen molar-refractivity contribution in [1.29, 1.82) is 0 Å². The zero-order chi connectivity index (χ0) is 14.1. The second-order valence-corrected chi connectivity index (χ2v) is 4.47. The predicted molar refractivity (Wildman–Crippen MR) is 69.6 cm³/mol. The van der Waals surface area contributed by atoms with Crippen molar-refractivity contribution < 1.29 is 19.4 Å². The van der Waals surface area contributed by atoms with E-state index in [1.54, 1.807) is 0 Å². The molecule has 1 rings (SSSR count). The molecule has 1 heterocycles. The molecule has 0 unspecified atom stereocenters. The number of rotatable bonds is 6. The van der Waals surface area contributed by atoms with E-state index in [0.717, 1.165) is 13.1 Å². The quantitative estimate of drug-likeness (QED) is 0.503. The predicted octanol–water partition coefficient (Wildman–Crippen LogP) is -1.68. The van der Waals surface area contributed by atoms with Crippen LogP contribution in [0.1, 0.15) is 13.3 Å². The molecule has 1 aliphatic rings. The van der Waals surface area contributed by atoms with E-state index in [0.29, 0.717) is 32.7 Å². The first kappa shape index (κ1) is 15.9. The molecule has 3 N–H and O–H groups in total. The van der Waals surface area contributed by atoms with Crippen molar-refractivity contribution in [2.75, 3.05) is 46.0 Å². The van der Waals surface area contributed by atoms with Gasteiger partial charge in [-0.25, -0.2) is 0 Å². The smallest absolute Gasteiger partial charge is 0.309 e. The van der Waals surface area contributed by atoms with Gasteiger partial charge in [0.2, 0.25) is 0 Å². The maximum atomic E-state index is 11.5. The van der Waals surface area contributed by atoms with Crippen LogP contribution in [0, 0.1) is 0 Å². The van der Waals surface area contributed by atoms with E-state index in [2.05, 4.69) is 15.5 Å². The Morgan fingerprint density at radius 2 is 2.00 bits per heavy atom. The van der Waals surface area contributed by atoms with E-state index >= 15 is 0 Å². The molecule has 0 aromatic rings. The highest BCUT2D eigenvalue weighted by atomic mass is 16.5. The van der Waals surface area contributed by atoms with Gasteiger partial charge >= 0.3 is 11.8 Å². The van der Waals surface area contributed by atoms with Gasteiger partial charge < -0.3 is 20.5 Å². The number of carbonyl (C=O) groups excluding carboxylic acids is 2. The summed E-state index contributed by atoms with van der Waals surface area (Å²) < 4.78 is 5.22. The number of hydrogen-bond acceptors (Lipinski definition) is 5. The van der Waals surface area contributed by atoms with Gasteiger partial charge in [-0.3, -0.25) is 14.5 Å². The van der Waals surface area contributed by atoms with E-state index in [-0.39, 0.29) is 12.6 Å². The van der Waals surface area contributed by atoms with Gasteiger partial charge in [-0.2, -0.15) is 0 Å². The van der Waals surface area contributed by atoms with Gasteiger partial charge in [0.1, 0.15) is 0 Å². The third-order valence-corrected chi connectivity index (χ3v) is 3.07. The van der Waals surface area contributed by atoms with Gasteiger partial charge in [-0.05, 0) is 6.42 Å². The SMILES string of the molecule is CC[C@@H](CO)NC(=O)C(=O)NCCN1CCOCC1. The zero-order valence-electron chi connectivity index (χ0n) is 11.4. The molecule has 7 heteroatoms. The van der Waals surface area contributed by atoms with Gasteiger partial charge in [-0.15, -0.1) is 0 Å². The number of aliphatic hydroxyl groups is 1. The Kier molecular flexibility index (Phi) is 7.39. The number of nitrogens with one attached hydrogen (secondary N) is 2. The first-order valence-corrected chi connectivity index (χ1v) is 6.67. The summed E-state index contributed by atoms with van der Waals surface area (Å²) in [5, 5.41) is 14.0. The molecule has 0 saturated carbocycles. The summed E-state index contributed by atoms with van der Waals surface area (Å²) in [5.41, 5.74) is 0. The minimum Gasteiger partial charge on any atom is -0.394 e. The van der Waals surface area contributed by atoms with Crippen molar-refractivity contribution in [3.8, 4) is 0 Å². The molecule has 1 saturated heterocycles. The Labute approximate surface area is 113 Å². The van der Waals surface area contributed by atoms with Crippen molar-refractivity contribution in [2.45, 2.75) is 19.4 Å². The molecule has 0 aromatic carbocycles. The monoisotopic (exact) mass is 273 g/mol. The highest BCUT2D eigenvalue weighted by molar-refractivity contribution is 6.35. The molecular formula is C12H23N3O4. The summed E-state index contributed by atoms with van der Waals surface area (Å²) in [6.07, 6.45) is 0.587. The summed E-state index contributed by atoms with van der Waals surface area (Å²) in [6.45, 7) is 5.93. The highest BCUT2D eigenvalue weighted by Gasteiger charge is 2.17. The number of ether oxygens (including phenoxy) is 1. The van der Waals surface area contributed by atoms with E-state index in [9.17, 15) is 9.59 Å². The Balaban J connectivity index is 2.17. The summed E-state index contributed by atoms with van der Waals surface area (Å²) in [4.78, 5) is 25.2. The lowest BCUT2D eigenvalue weighted by Crippen LogP contribution is -2.48. The van der Waals surface area contributed by atoms with Crippen LogP contribution >= 0.6 is 0 Å². The molecule has 0 aromatic heterocycles. The summed E-state index contributed by atoms with van der Waals surface area (Å²) in [5.74, 6) is -1.34. The Hall–Kier alpha value is -1.18. The van der Waals surface area contributed by atoms with Crippen LogP contribution < -0.4 is 10.6 Å². The lowest BCUT2D eigenvalue weighted by atomic mass is 10.2. The molecule has 1 fully saturated rings. The van der Waals surface area contributed by atoms with Gasteiger partial charge in [-0.1, -0.05) is 6.92 Å². The minimum absolute atomic E-state index is 0.163. The average molecular weight is 273 g/mol. The topological polar surface area (TPSA) is 90.9 Å². The van der Waals surface area contributed by atoms with Crippen LogP contribution in [0.25, 0.3) is 0 Å². The third kappa shape index (κ3) is 6.00. The maximum Gasteiger partial charge on any atom is 0.309 e. The number of morpholine rings is 1. The van der Waals surface area contributed by atoms with Crippen molar-refractivity contribution in [3.05, 3.63) is 0 Å². The second kappa shape index (κ2) is 8.84. The molecule has 0 bridgehead atoms. The lowest BCUT2D eigenvalue weighted by molar-refractivity contribution is -0.139. The van der Waals surface area contributed by atoms with Crippen molar-refractivity contribution in [2.24, 2.45) is 0 Å². The number of nitrogens with zero attached hydrogens (tertiary/aromatic N) is 1. The fraction of sp³-hybridized carbons (Fsp3) is 0.833. The summed E-state index contributed by atoms with van der Waals surface area (Å²) in [7, 11) is 0. The zero-order valence-corrected chi connectivity index (χ0v) is 11.4. The van der Waals surface area contributed by atoms with Gasteiger partial charge in [0.15, 0.2) is 0 Å². The Morgan fingerprint density at radius 1 is 1.32 bits per heavy atom. The molecule has 0 radical (unpaired) electrons. The standard InChI is InChI=1S/C12H23N3O4/c1-2-10(9-16)14-12(18)11(17)13-3-4-15-5-7-19-8-6-15/h10,16H,2-9H2,1H3,(H,13,17)(H,14,18)/t10-/m0/s1. The number of amides is 2. The van der Waals surface area contributed by atoms with Crippen molar-refractivity contribution in [1.82, 2.24) is 15.5 Å². The average Bonchev–Trinajstić information content (AvgIpc) is 2.45. The Bertz CT molecular complexity index is 289. The van der Waals surface area contributed by atoms with E-state index < -0.39 is 11.8 Å². The van der Waals surface area contributed by atoms with Crippen LogP contribution in [0.15, 0.2) is 0 Å². The fourth-order valence-electron chi connectivity index (χ4n) is 1.76. The van der Waals surface area contributed by atoms with Crippen LogP contribution in [0.3, 0.4) is 0 Å². The summed E-state index contributed by atoms with van der Waals surface area (Å²) in [6, 6.07) is -0.363. The number of aliphatic hydroxyl groups excluding tert-OH is 1. The second-order valence-electron chi connectivity index (χ2n) is 4.47. The van der Waals surface area contributed by atoms with Crippen molar-refractivity contribution >= 4 is 11.8 Å². The normalized spacial score (nSPS) is 17.8. The highest BCUT2D eigenvalue weighted by Crippen LogP contribution is 1.94. The van der Waals surface area contributed by atoms with Gasteiger partial charge in [0.05, 0.1) is 25.9 Å².